The molecule has 0 unspecified atom stereocenters. The number of nitrogens with zero attached hydrogens (tertiary/aromatic N) is 1. The Morgan fingerprint density at radius 2 is 1.57 bits per heavy atom. The molecule has 0 fully saturated rings. The van der Waals surface area contributed by atoms with Gasteiger partial charge in [0.2, 0.25) is 11.8 Å². The van der Waals surface area contributed by atoms with Crippen LogP contribution >= 0.6 is 35.0 Å². The van der Waals surface area contributed by atoms with Gasteiger partial charge in [-0.15, -0.1) is 11.8 Å². The summed E-state index contributed by atoms with van der Waals surface area (Å²) in [5.74, 6) is -0.000505. The number of nitrogens with one attached hydrogen (secondary N) is 1. The van der Waals surface area contributed by atoms with Gasteiger partial charge in [0.15, 0.2) is 0 Å². The molecule has 3 aromatic rings. The first-order valence-electron chi connectivity index (χ1n) is 11.9. The fourth-order valence-corrected chi connectivity index (χ4v) is 4.95. The summed E-state index contributed by atoms with van der Waals surface area (Å²) in [7, 11) is 0. The maximum atomic E-state index is 13.7. The minimum atomic E-state index is -0.741. The lowest BCUT2D eigenvalue weighted by Gasteiger charge is -2.34. The van der Waals surface area contributed by atoms with E-state index in [-0.39, 0.29) is 29.9 Å². The number of thioether (sulfide) groups is 1. The van der Waals surface area contributed by atoms with Crippen LogP contribution in [0.4, 0.5) is 4.39 Å². The summed E-state index contributed by atoms with van der Waals surface area (Å²) in [6.07, 6.45) is 0.360. The van der Waals surface area contributed by atoms with Crippen LogP contribution in [0, 0.1) is 5.82 Å². The van der Waals surface area contributed by atoms with Crippen LogP contribution in [0.25, 0.3) is 0 Å². The molecule has 0 spiro atoms. The number of halogens is 3. The Morgan fingerprint density at radius 3 is 2.19 bits per heavy atom. The summed E-state index contributed by atoms with van der Waals surface area (Å²) < 4.78 is 13.2. The van der Waals surface area contributed by atoms with Crippen LogP contribution in [-0.4, -0.2) is 34.0 Å². The number of rotatable bonds is 10. The molecule has 0 heterocycles. The normalized spacial score (nSPS) is 12.2. The lowest BCUT2D eigenvalue weighted by atomic mass is 10.0. The van der Waals surface area contributed by atoms with Crippen molar-refractivity contribution in [2.24, 2.45) is 0 Å². The summed E-state index contributed by atoms with van der Waals surface area (Å²) >= 11 is 13.8. The molecule has 0 saturated carbocycles. The third-order valence-corrected chi connectivity index (χ3v) is 7.24. The van der Waals surface area contributed by atoms with Crippen molar-refractivity contribution in [3.63, 3.8) is 0 Å². The summed E-state index contributed by atoms with van der Waals surface area (Å²) in [4.78, 5) is 28.8. The minimum Gasteiger partial charge on any atom is -0.350 e. The van der Waals surface area contributed by atoms with Crippen molar-refractivity contribution < 1.29 is 14.0 Å². The van der Waals surface area contributed by atoms with Crippen molar-refractivity contribution >= 4 is 46.8 Å². The minimum absolute atomic E-state index is 0.160. The van der Waals surface area contributed by atoms with Crippen LogP contribution in [0.1, 0.15) is 37.5 Å². The fourth-order valence-electron chi connectivity index (χ4n) is 3.76. The van der Waals surface area contributed by atoms with E-state index in [1.807, 2.05) is 51.1 Å². The first kappa shape index (κ1) is 29.0. The van der Waals surface area contributed by atoms with Crippen molar-refractivity contribution in [2.45, 2.75) is 51.1 Å². The molecule has 0 aliphatic rings. The Kier molecular flexibility index (Phi) is 10.4. The molecule has 0 aliphatic carbocycles. The number of carbonyl (C=O) groups excluding carboxylic acids is 2. The van der Waals surface area contributed by atoms with E-state index in [9.17, 15) is 14.0 Å². The first-order chi connectivity index (χ1) is 17.5. The second kappa shape index (κ2) is 13.3. The van der Waals surface area contributed by atoms with Crippen LogP contribution in [-0.2, 0) is 28.3 Å². The smallest absolute Gasteiger partial charge is 0.243 e. The predicted octanol–water partition coefficient (Wildman–Crippen LogP) is 6.92. The van der Waals surface area contributed by atoms with Gasteiger partial charge in [0, 0.05) is 24.3 Å². The Labute approximate surface area is 232 Å². The van der Waals surface area contributed by atoms with Crippen molar-refractivity contribution in [1.82, 2.24) is 10.2 Å². The van der Waals surface area contributed by atoms with Crippen molar-refractivity contribution in [2.75, 3.05) is 5.75 Å². The van der Waals surface area contributed by atoms with Crippen molar-refractivity contribution in [1.29, 1.82) is 0 Å². The Hall–Kier alpha value is -2.54. The molecule has 2 amide bonds. The van der Waals surface area contributed by atoms with E-state index in [0.717, 1.165) is 16.7 Å². The topological polar surface area (TPSA) is 49.4 Å². The number of carbonyl (C=O) groups is 2. The van der Waals surface area contributed by atoms with Gasteiger partial charge in [0.05, 0.1) is 15.8 Å². The second-order valence-corrected chi connectivity index (χ2v) is 11.6. The van der Waals surface area contributed by atoms with Crippen molar-refractivity contribution in [3.8, 4) is 0 Å². The van der Waals surface area contributed by atoms with E-state index in [2.05, 4.69) is 5.32 Å². The molecule has 0 bridgehead atoms. The Morgan fingerprint density at radius 1 is 0.919 bits per heavy atom. The van der Waals surface area contributed by atoms with Gasteiger partial charge in [-0.2, -0.15) is 0 Å². The molecule has 196 valence electrons. The summed E-state index contributed by atoms with van der Waals surface area (Å²) in [6, 6.07) is 20.3. The van der Waals surface area contributed by atoms with Crippen LogP contribution < -0.4 is 5.32 Å². The molecule has 4 nitrogen and oxygen atoms in total. The monoisotopic (exact) mass is 560 g/mol. The number of amides is 2. The summed E-state index contributed by atoms with van der Waals surface area (Å²) in [6.45, 7) is 5.93. The first-order valence-corrected chi connectivity index (χ1v) is 13.8. The van der Waals surface area contributed by atoms with E-state index in [4.69, 9.17) is 23.2 Å². The lowest BCUT2D eigenvalue weighted by Crippen LogP contribution is -2.54. The maximum absolute atomic E-state index is 13.7. The standard InChI is InChI=1S/C29H31Cl2FN2O2S/c1-29(2,3)33-28(36)26(16-20-7-5-4-6-8-20)34(17-22-11-14-24(30)25(31)15-22)27(35)19-37-18-21-9-12-23(32)13-10-21/h4-15,26H,16-19H2,1-3H3,(H,33,36)/t26-/m1/s1. The SMILES string of the molecule is CC(C)(C)NC(=O)[C@@H](Cc1ccccc1)N(Cc1ccc(Cl)c(Cl)c1)C(=O)CSCc1ccc(F)cc1. The third kappa shape index (κ3) is 9.37. The van der Waals surface area contributed by atoms with Crippen LogP contribution in [0.15, 0.2) is 72.8 Å². The molecular weight excluding hydrogens is 530 g/mol. The average Bonchev–Trinajstić information content (AvgIpc) is 2.84. The zero-order chi connectivity index (χ0) is 27.0. The van der Waals surface area contributed by atoms with E-state index >= 15 is 0 Å². The van der Waals surface area contributed by atoms with E-state index in [0.29, 0.717) is 22.2 Å². The number of benzene rings is 3. The molecule has 0 saturated heterocycles. The van der Waals surface area contributed by atoms with Gasteiger partial charge in [0.25, 0.3) is 0 Å². The Bertz CT molecular complexity index is 1200. The van der Waals surface area contributed by atoms with Crippen LogP contribution in [0.3, 0.4) is 0 Å². The molecule has 1 N–H and O–H groups in total. The maximum Gasteiger partial charge on any atom is 0.243 e. The van der Waals surface area contributed by atoms with Gasteiger partial charge in [-0.05, 0) is 61.7 Å². The lowest BCUT2D eigenvalue weighted by molar-refractivity contribution is -0.140. The molecule has 0 aliphatic heterocycles. The molecule has 3 rings (SSSR count). The highest BCUT2D eigenvalue weighted by atomic mass is 35.5. The van der Waals surface area contributed by atoms with Gasteiger partial charge in [-0.1, -0.05) is 71.7 Å². The van der Waals surface area contributed by atoms with E-state index in [1.165, 1.54) is 23.9 Å². The zero-order valence-corrected chi connectivity index (χ0v) is 23.5. The average molecular weight is 562 g/mol. The summed E-state index contributed by atoms with van der Waals surface area (Å²) in [5, 5.41) is 3.85. The fraction of sp³-hybridized carbons (Fsp3) is 0.310. The number of hydrogen-bond acceptors (Lipinski definition) is 3. The quantitative estimate of drug-likeness (QED) is 0.292. The van der Waals surface area contributed by atoms with Crippen LogP contribution in [0.2, 0.25) is 10.0 Å². The van der Waals surface area contributed by atoms with Gasteiger partial charge < -0.3 is 10.2 Å². The van der Waals surface area contributed by atoms with E-state index < -0.39 is 11.6 Å². The molecular formula is C29H31Cl2FN2O2S. The van der Waals surface area contributed by atoms with Gasteiger partial charge in [-0.25, -0.2) is 4.39 Å². The molecule has 0 radical (unpaired) electrons. The highest BCUT2D eigenvalue weighted by Crippen LogP contribution is 2.25. The molecule has 1 atom stereocenters. The highest BCUT2D eigenvalue weighted by molar-refractivity contribution is 7.99. The molecule has 8 heteroatoms. The molecule has 37 heavy (non-hydrogen) atoms. The predicted molar refractivity (Wildman–Crippen MR) is 151 cm³/mol. The van der Waals surface area contributed by atoms with E-state index in [1.54, 1.807) is 35.2 Å². The molecule has 0 aromatic heterocycles. The molecule has 3 aromatic carbocycles. The second-order valence-electron chi connectivity index (χ2n) is 9.83. The van der Waals surface area contributed by atoms with Gasteiger partial charge in [-0.3, -0.25) is 9.59 Å². The largest absolute Gasteiger partial charge is 0.350 e. The number of hydrogen-bond donors (Lipinski definition) is 1. The Balaban J connectivity index is 1.88. The summed E-state index contributed by atoms with van der Waals surface area (Å²) in [5.41, 5.74) is 2.17. The van der Waals surface area contributed by atoms with Gasteiger partial charge >= 0.3 is 0 Å². The third-order valence-electron chi connectivity index (χ3n) is 5.51. The van der Waals surface area contributed by atoms with Crippen LogP contribution in [0.5, 0.6) is 0 Å². The van der Waals surface area contributed by atoms with Crippen molar-refractivity contribution in [3.05, 3.63) is 105 Å². The zero-order valence-electron chi connectivity index (χ0n) is 21.1. The highest BCUT2D eigenvalue weighted by Gasteiger charge is 2.32. The van der Waals surface area contributed by atoms with Gasteiger partial charge in [0.1, 0.15) is 11.9 Å².